The Morgan fingerprint density at radius 3 is 2.95 bits per heavy atom. The molecular formula is C14H21N3O2. The Balaban J connectivity index is 2.25. The number of amides is 1. The SMILES string of the molecule is CC(C)Oc1cccc(N2CCCNC(=O)C2)c1N. The van der Waals surface area contributed by atoms with Gasteiger partial charge in [0.2, 0.25) is 5.91 Å². The first-order valence-electron chi connectivity index (χ1n) is 6.64. The topological polar surface area (TPSA) is 67.6 Å². The summed E-state index contributed by atoms with van der Waals surface area (Å²) in [5.41, 5.74) is 7.63. The average molecular weight is 263 g/mol. The number of nitrogens with two attached hydrogens (primary N) is 1. The molecule has 1 fully saturated rings. The average Bonchev–Trinajstić information content (AvgIpc) is 2.56. The van der Waals surface area contributed by atoms with E-state index < -0.39 is 0 Å². The van der Waals surface area contributed by atoms with Crippen LogP contribution < -0.4 is 20.7 Å². The second-order valence-corrected chi connectivity index (χ2v) is 4.98. The molecule has 3 N–H and O–H groups in total. The molecule has 0 bridgehead atoms. The first-order valence-corrected chi connectivity index (χ1v) is 6.64. The zero-order valence-corrected chi connectivity index (χ0v) is 11.5. The van der Waals surface area contributed by atoms with Gasteiger partial charge in [0.1, 0.15) is 5.75 Å². The quantitative estimate of drug-likeness (QED) is 0.809. The number of ether oxygens (including phenoxy) is 1. The Bertz CT molecular complexity index is 460. The number of hydrogen-bond donors (Lipinski definition) is 2. The molecule has 0 atom stereocenters. The smallest absolute Gasteiger partial charge is 0.239 e. The van der Waals surface area contributed by atoms with Crippen LogP contribution >= 0.6 is 0 Å². The fourth-order valence-corrected chi connectivity index (χ4v) is 2.18. The predicted octanol–water partition coefficient (Wildman–Crippen LogP) is 1.38. The van der Waals surface area contributed by atoms with E-state index in [0.29, 0.717) is 18.0 Å². The molecule has 2 rings (SSSR count). The van der Waals surface area contributed by atoms with Crippen molar-refractivity contribution in [2.24, 2.45) is 0 Å². The van der Waals surface area contributed by atoms with Crippen LogP contribution in [0.1, 0.15) is 20.3 Å². The van der Waals surface area contributed by atoms with Crippen molar-refractivity contribution in [3.8, 4) is 5.75 Å². The van der Waals surface area contributed by atoms with E-state index in [4.69, 9.17) is 10.5 Å². The van der Waals surface area contributed by atoms with E-state index in [9.17, 15) is 4.79 Å². The number of anilines is 2. The van der Waals surface area contributed by atoms with Crippen LogP contribution in [0.15, 0.2) is 18.2 Å². The van der Waals surface area contributed by atoms with Crippen molar-refractivity contribution in [3.63, 3.8) is 0 Å². The largest absolute Gasteiger partial charge is 0.489 e. The molecule has 104 valence electrons. The van der Waals surface area contributed by atoms with Crippen LogP contribution in [-0.2, 0) is 4.79 Å². The summed E-state index contributed by atoms with van der Waals surface area (Å²) in [6.07, 6.45) is 0.991. The highest BCUT2D eigenvalue weighted by Gasteiger charge is 2.18. The van der Waals surface area contributed by atoms with Gasteiger partial charge in [-0.1, -0.05) is 6.07 Å². The number of nitrogen functional groups attached to an aromatic ring is 1. The first kappa shape index (κ1) is 13.5. The Morgan fingerprint density at radius 2 is 2.21 bits per heavy atom. The summed E-state index contributed by atoms with van der Waals surface area (Å²) in [7, 11) is 0. The Hall–Kier alpha value is -1.91. The lowest BCUT2D eigenvalue weighted by atomic mass is 10.2. The maximum absolute atomic E-state index is 11.6. The predicted molar refractivity (Wildman–Crippen MR) is 76.5 cm³/mol. The summed E-state index contributed by atoms with van der Waals surface area (Å²) in [4.78, 5) is 13.6. The van der Waals surface area contributed by atoms with Crippen molar-refractivity contribution >= 4 is 17.3 Å². The zero-order chi connectivity index (χ0) is 13.8. The molecule has 1 heterocycles. The van der Waals surface area contributed by atoms with Gasteiger partial charge in [0.15, 0.2) is 0 Å². The van der Waals surface area contributed by atoms with Crippen molar-refractivity contribution in [2.75, 3.05) is 30.3 Å². The van der Waals surface area contributed by atoms with Gasteiger partial charge in [-0.2, -0.15) is 0 Å². The third-order valence-corrected chi connectivity index (χ3v) is 3.01. The van der Waals surface area contributed by atoms with Crippen LogP contribution in [0.3, 0.4) is 0 Å². The van der Waals surface area contributed by atoms with Crippen molar-refractivity contribution in [2.45, 2.75) is 26.4 Å². The van der Waals surface area contributed by atoms with Crippen molar-refractivity contribution in [3.05, 3.63) is 18.2 Å². The molecule has 19 heavy (non-hydrogen) atoms. The molecule has 0 saturated carbocycles. The molecule has 1 aliphatic rings. The molecule has 1 saturated heterocycles. The Labute approximate surface area is 113 Å². The van der Waals surface area contributed by atoms with Gasteiger partial charge >= 0.3 is 0 Å². The number of carbonyl (C=O) groups excluding carboxylic acids is 1. The number of benzene rings is 1. The van der Waals surface area contributed by atoms with Crippen molar-refractivity contribution in [1.82, 2.24) is 5.32 Å². The minimum absolute atomic E-state index is 0.0343. The first-order chi connectivity index (χ1) is 9.08. The van der Waals surface area contributed by atoms with E-state index in [2.05, 4.69) is 5.32 Å². The Kier molecular flexibility index (Phi) is 4.14. The van der Waals surface area contributed by atoms with Gasteiger partial charge in [-0.25, -0.2) is 0 Å². The van der Waals surface area contributed by atoms with Gasteiger partial charge in [-0.15, -0.1) is 0 Å². The van der Waals surface area contributed by atoms with Crippen molar-refractivity contribution in [1.29, 1.82) is 0 Å². The monoisotopic (exact) mass is 263 g/mol. The lowest BCUT2D eigenvalue weighted by Gasteiger charge is -2.24. The van der Waals surface area contributed by atoms with E-state index in [1.807, 2.05) is 36.9 Å². The summed E-state index contributed by atoms with van der Waals surface area (Å²) < 4.78 is 5.68. The number of nitrogens with zero attached hydrogens (tertiary/aromatic N) is 1. The fourth-order valence-electron chi connectivity index (χ4n) is 2.18. The van der Waals surface area contributed by atoms with E-state index in [1.165, 1.54) is 0 Å². The normalized spacial score (nSPS) is 16.2. The number of carbonyl (C=O) groups is 1. The summed E-state index contributed by atoms with van der Waals surface area (Å²) in [5.74, 6) is 0.712. The van der Waals surface area contributed by atoms with Gasteiger partial charge in [-0.05, 0) is 32.4 Å². The van der Waals surface area contributed by atoms with Crippen molar-refractivity contribution < 1.29 is 9.53 Å². The van der Waals surface area contributed by atoms with E-state index >= 15 is 0 Å². The molecule has 0 aromatic heterocycles. The molecule has 5 heteroatoms. The highest BCUT2D eigenvalue weighted by Crippen LogP contribution is 2.33. The van der Waals surface area contributed by atoms with Crippen LogP contribution in [0.2, 0.25) is 0 Å². The third kappa shape index (κ3) is 3.30. The summed E-state index contributed by atoms with van der Waals surface area (Å²) in [6, 6.07) is 5.70. The second kappa shape index (κ2) is 5.82. The van der Waals surface area contributed by atoms with E-state index in [0.717, 1.165) is 25.2 Å². The summed E-state index contributed by atoms with van der Waals surface area (Å²) in [6.45, 7) is 5.80. The van der Waals surface area contributed by atoms with Crippen LogP contribution in [-0.4, -0.2) is 31.6 Å². The molecule has 0 radical (unpaired) electrons. The number of rotatable bonds is 3. The molecule has 1 aliphatic heterocycles. The molecular weight excluding hydrogens is 242 g/mol. The lowest BCUT2D eigenvalue weighted by molar-refractivity contribution is -0.119. The number of para-hydroxylation sites is 1. The van der Waals surface area contributed by atoms with Gasteiger partial charge in [-0.3, -0.25) is 4.79 Å². The minimum atomic E-state index is 0.0343. The lowest BCUT2D eigenvalue weighted by Crippen LogP contribution is -2.33. The number of nitrogens with one attached hydrogen (secondary N) is 1. The molecule has 1 amide bonds. The highest BCUT2D eigenvalue weighted by atomic mass is 16.5. The maximum atomic E-state index is 11.6. The molecule has 1 aromatic carbocycles. The summed E-state index contributed by atoms with van der Waals surface area (Å²) >= 11 is 0. The second-order valence-electron chi connectivity index (χ2n) is 4.98. The van der Waals surface area contributed by atoms with Crippen LogP contribution in [0.25, 0.3) is 0 Å². The van der Waals surface area contributed by atoms with Gasteiger partial charge < -0.3 is 20.7 Å². The fraction of sp³-hybridized carbons (Fsp3) is 0.500. The Morgan fingerprint density at radius 1 is 1.42 bits per heavy atom. The molecule has 5 nitrogen and oxygen atoms in total. The summed E-state index contributed by atoms with van der Waals surface area (Å²) in [5, 5.41) is 2.86. The zero-order valence-electron chi connectivity index (χ0n) is 11.5. The van der Waals surface area contributed by atoms with E-state index in [1.54, 1.807) is 0 Å². The molecule has 0 aliphatic carbocycles. The van der Waals surface area contributed by atoms with Gasteiger partial charge in [0.25, 0.3) is 0 Å². The third-order valence-electron chi connectivity index (χ3n) is 3.01. The highest BCUT2D eigenvalue weighted by molar-refractivity contribution is 5.84. The molecule has 0 spiro atoms. The number of hydrogen-bond acceptors (Lipinski definition) is 4. The van der Waals surface area contributed by atoms with Crippen LogP contribution in [0, 0.1) is 0 Å². The van der Waals surface area contributed by atoms with Gasteiger partial charge in [0.05, 0.1) is 24.0 Å². The minimum Gasteiger partial charge on any atom is -0.489 e. The van der Waals surface area contributed by atoms with E-state index in [-0.39, 0.29) is 12.0 Å². The van der Waals surface area contributed by atoms with Crippen LogP contribution in [0.5, 0.6) is 5.75 Å². The molecule has 0 unspecified atom stereocenters. The standard InChI is InChI=1S/C14H21N3O2/c1-10(2)19-12-6-3-5-11(14(12)15)17-8-4-7-16-13(18)9-17/h3,5-6,10H,4,7-9,15H2,1-2H3,(H,16,18). The van der Waals surface area contributed by atoms with Gasteiger partial charge in [0, 0.05) is 13.1 Å². The maximum Gasteiger partial charge on any atom is 0.239 e. The van der Waals surface area contributed by atoms with Crippen LogP contribution in [0.4, 0.5) is 11.4 Å². The molecule has 1 aromatic rings.